The predicted molar refractivity (Wildman–Crippen MR) is 136 cm³/mol. The van der Waals surface area contributed by atoms with E-state index in [2.05, 4.69) is 20.9 Å². The van der Waals surface area contributed by atoms with Gasteiger partial charge in [-0.1, -0.05) is 6.07 Å². The molecule has 0 spiro atoms. The first-order valence-corrected chi connectivity index (χ1v) is 12.0. The summed E-state index contributed by atoms with van der Waals surface area (Å²) in [5.74, 6) is 0.877. The van der Waals surface area contributed by atoms with E-state index < -0.39 is 0 Å². The number of benzene rings is 2. The second-order valence-electron chi connectivity index (χ2n) is 9.17. The van der Waals surface area contributed by atoms with Crippen LogP contribution >= 0.6 is 0 Å². The van der Waals surface area contributed by atoms with Crippen molar-refractivity contribution in [2.75, 3.05) is 31.6 Å². The lowest BCUT2D eigenvalue weighted by Crippen LogP contribution is -2.45. The molecule has 3 heterocycles. The quantitative estimate of drug-likeness (QED) is 0.522. The zero-order chi connectivity index (χ0) is 24.4. The zero-order valence-electron chi connectivity index (χ0n) is 20.1. The topological polar surface area (TPSA) is 74.4 Å². The Kier molecular flexibility index (Phi) is 6.28. The number of nitrogens with zero attached hydrogens (tertiary/aromatic N) is 5. The minimum atomic E-state index is 0.135. The molecule has 0 N–H and O–H groups in total. The van der Waals surface area contributed by atoms with Crippen molar-refractivity contribution in [2.24, 2.45) is 0 Å². The van der Waals surface area contributed by atoms with E-state index in [0.717, 1.165) is 72.9 Å². The Morgan fingerprint density at radius 3 is 2.71 bits per heavy atom. The van der Waals surface area contributed by atoms with E-state index in [1.807, 2.05) is 66.2 Å². The molecular formula is C28H29N5O2. The van der Waals surface area contributed by atoms with E-state index in [0.29, 0.717) is 5.56 Å². The summed E-state index contributed by atoms with van der Waals surface area (Å²) in [6, 6.07) is 16.1. The van der Waals surface area contributed by atoms with Crippen molar-refractivity contribution in [3.63, 3.8) is 0 Å². The van der Waals surface area contributed by atoms with Gasteiger partial charge in [-0.3, -0.25) is 4.79 Å². The number of amides is 1. The molecule has 2 aliphatic rings. The smallest absolute Gasteiger partial charge is 0.250 e. The van der Waals surface area contributed by atoms with Gasteiger partial charge in [0.25, 0.3) is 0 Å². The number of hydrogen-bond donors (Lipinski definition) is 0. The number of hydrogen-bond acceptors (Lipinski definition) is 5. The number of nitriles is 1. The number of piperidine rings is 1. The maximum absolute atomic E-state index is 13.4. The first kappa shape index (κ1) is 22.7. The highest BCUT2D eigenvalue weighted by Gasteiger charge is 2.34. The Hall–Kier alpha value is -4.05. The van der Waals surface area contributed by atoms with E-state index >= 15 is 0 Å². The molecule has 7 nitrogen and oxygen atoms in total. The molecule has 2 fully saturated rings. The molecule has 1 atom stereocenters. The van der Waals surface area contributed by atoms with Crippen LogP contribution in [0, 0.1) is 18.3 Å². The summed E-state index contributed by atoms with van der Waals surface area (Å²) in [5.41, 5.74) is 5.43. The van der Waals surface area contributed by atoms with Crippen LogP contribution in [0.4, 0.5) is 5.69 Å². The van der Waals surface area contributed by atoms with Crippen LogP contribution in [0.25, 0.3) is 11.8 Å². The molecule has 1 amide bonds. The third-order valence-corrected chi connectivity index (χ3v) is 6.88. The molecule has 0 bridgehead atoms. The van der Waals surface area contributed by atoms with Crippen LogP contribution in [0.15, 0.2) is 60.6 Å². The van der Waals surface area contributed by atoms with Crippen LogP contribution in [0.2, 0.25) is 0 Å². The largest absolute Gasteiger partial charge is 0.495 e. The number of carbonyl (C=O) groups is 1. The van der Waals surface area contributed by atoms with Crippen LogP contribution in [0.3, 0.4) is 0 Å². The van der Waals surface area contributed by atoms with Gasteiger partial charge in [-0.15, -0.1) is 0 Å². The molecule has 2 aliphatic heterocycles. The third-order valence-electron chi connectivity index (χ3n) is 6.88. The minimum absolute atomic E-state index is 0.135. The summed E-state index contributed by atoms with van der Waals surface area (Å²) in [7, 11) is 1.66. The number of rotatable bonds is 5. The maximum Gasteiger partial charge on any atom is 0.250 e. The molecular weight excluding hydrogens is 438 g/mol. The summed E-state index contributed by atoms with van der Waals surface area (Å²) >= 11 is 0. The Balaban J connectivity index is 1.31. The lowest BCUT2D eigenvalue weighted by molar-refractivity contribution is -0.130. The molecule has 0 saturated carbocycles. The normalized spacial score (nSPS) is 19.3. The SMILES string of the molecule is COc1cc(C=C2CCCN(C3CCN(c4ccc(C#N)cc4)C3)C2=O)ccc1-n1cnc(C)c1. The van der Waals surface area contributed by atoms with Gasteiger partial charge in [-0.05, 0) is 74.2 Å². The van der Waals surface area contributed by atoms with Crippen LogP contribution in [-0.2, 0) is 4.79 Å². The van der Waals surface area contributed by atoms with Crippen LogP contribution in [0.1, 0.15) is 36.1 Å². The molecule has 0 radical (unpaired) electrons. The Morgan fingerprint density at radius 2 is 2.00 bits per heavy atom. The maximum atomic E-state index is 13.4. The van der Waals surface area contributed by atoms with Gasteiger partial charge in [0.2, 0.25) is 5.91 Å². The van der Waals surface area contributed by atoms with E-state index in [1.54, 1.807) is 13.4 Å². The van der Waals surface area contributed by atoms with Gasteiger partial charge in [-0.25, -0.2) is 4.98 Å². The Labute approximate surface area is 205 Å². The fourth-order valence-corrected chi connectivity index (χ4v) is 5.04. The minimum Gasteiger partial charge on any atom is -0.495 e. The highest BCUT2D eigenvalue weighted by Crippen LogP contribution is 2.30. The highest BCUT2D eigenvalue weighted by molar-refractivity contribution is 5.98. The fraction of sp³-hybridized carbons (Fsp3) is 0.321. The number of carbonyl (C=O) groups excluding carboxylic acids is 1. The molecule has 3 aromatic rings. The predicted octanol–water partition coefficient (Wildman–Crippen LogP) is 4.35. The van der Waals surface area contributed by atoms with Gasteiger partial charge < -0.3 is 19.1 Å². The molecule has 1 aromatic heterocycles. The van der Waals surface area contributed by atoms with Crippen LogP contribution < -0.4 is 9.64 Å². The number of methoxy groups -OCH3 is 1. The fourth-order valence-electron chi connectivity index (χ4n) is 5.04. The first-order chi connectivity index (χ1) is 17.1. The number of imidazole rings is 1. The number of ether oxygens (including phenoxy) is 1. The van der Waals surface area contributed by atoms with Crippen molar-refractivity contribution in [3.05, 3.63) is 77.4 Å². The summed E-state index contributed by atoms with van der Waals surface area (Å²) in [4.78, 5) is 22.1. The molecule has 7 heteroatoms. The average molecular weight is 468 g/mol. The molecule has 2 aromatic carbocycles. The molecule has 0 aliphatic carbocycles. The lowest BCUT2D eigenvalue weighted by Gasteiger charge is -2.34. The molecule has 178 valence electrons. The number of aromatic nitrogens is 2. The monoisotopic (exact) mass is 467 g/mol. The van der Waals surface area contributed by atoms with Gasteiger partial charge in [-0.2, -0.15) is 5.26 Å². The van der Waals surface area contributed by atoms with Crippen molar-refractivity contribution in [2.45, 2.75) is 32.2 Å². The van der Waals surface area contributed by atoms with Gasteiger partial charge >= 0.3 is 0 Å². The highest BCUT2D eigenvalue weighted by atomic mass is 16.5. The molecule has 35 heavy (non-hydrogen) atoms. The Bertz CT molecular complexity index is 1300. The van der Waals surface area contributed by atoms with Crippen LogP contribution in [0.5, 0.6) is 5.75 Å². The van der Waals surface area contributed by atoms with E-state index in [1.165, 1.54) is 0 Å². The zero-order valence-corrected chi connectivity index (χ0v) is 20.1. The second-order valence-corrected chi connectivity index (χ2v) is 9.17. The summed E-state index contributed by atoms with van der Waals surface area (Å²) in [6.45, 7) is 4.48. The van der Waals surface area contributed by atoms with Crippen molar-refractivity contribution >= 4 is 17.7 Å². The summed E-state index contributed by atoms with van der Waals surface area (Å²) < 4.78 is 7.58. The lowest BCUT2D eigenvalue weighted by atomic mass is 9.98. The average Bonchev–Trinajstić information content (AvgIpc) is 3.55. The van der Waals surface area contributed by atoms with E-state index in [4.69, 9.17) is 10.00 Å². The third kappa shape index (κ3) is 4.65. The number of likely N-dealkylation sites (tertiary alicyclic amines) is 1. The molecule has 1 unspecified atom stereocenters. The number of anilines is 1. The summed E-state index contributed by atoms with van der Waals surface area (Å²) in [5, 5.41) is 9.04. The number of aryl methyl sites for hydroxylation is 1. The molecule has 2 saturated heterocycles. The second kappa shape index (κ2) is 9.67. The van der Waals surface area contributed by atoms with Gasteiger partial charge in [0.05, 0.1) is 42.5 Å². The summed E-state index contributed by atoms with van der Waals surface area (Å²) in [6.07, 6.45) is 8.44. The standard InChI is InChI=1S/C28H29N5O2/c1-20-17-32(19-30-20)26-10-7-22(15-27(26)35-2)14-23-4-3-12-33(28(23)34)25-11-13-31(18-25)24-8-5-21(16-29)6-9-24/h5-10,14-15,17,19,25H,3-4,11-13,18H2,1-2H3. The molecule has 5 rings (SSSR count). The first-order valence-electron chi connectivity index (χ1n) is 12.0. The van der Waals surface area contributed by atoms with Gasteiger partial charge in [0.15, 0.2) is 0 Å². The van der Waals surface area contributed by atoms with Gasteiger partial charge in [0, 0.05) is 37.1 Å². The van der Waals surface area contributed by atoms with Crippen molar-refractivity contribution in [1.82, 2.24) is 14.5 Å². The van der Waals surface area contributed by atoms with Crippen LogP contribution in [-0.4, -0.2) is 53.1 Å². The van der Waals surface area contributed by atoms with Crippen molar-refractivity contribution < 1.29 is 9.53 Å². The van der Waals surface area contributed by atoms with E-state index in [-0.39, 0.29) is 11.9 Å². The Morgan fingerprint density at radius 1 is 1.17 bits per heavy atom. The van der Waals surface area contributed by atoms with Crippen molar-refractivity contribution in [1.29, 1.82) is 5.26 Å². The van der Waals surface area contributed by atoms with Gasteiger partial charge in [0.1, 0.15) is 5.75 Å². The van der Waals surface area contributed by atoms with E-state index in [9.17, 15) is 4.79 Å². The van der Waals surface area contributed by atoms with Crippen molar-refractivity contribution in [3.8, 4) is 17.5 Å².